The van der Waals surface area contributed by atoms with E-state index in [4.69, 9.17) is 4.98 Å². The minimum atomic E-state index is 0.412. The average molecular weight is 379 g/mol. The maximum Gasteiger partial charge on any atom is 0.169 e. The molecule has 1 N–H and O–H groups in total. The van der Waals surface area contributed by atoms with Crippen molar-refractivity contribution in [2.24, 2.45) is 4.99 Å². The zero-order valence-corrected chi connectivity index (χ0v) is 16.8. The zero-order chi connectivity index (χ0) is 18.6. The van der Waals surface area contributed by atoms with Crippen LogP contribution in [0.2, 0.25) is 0 Å². The van der Waals surface area contributed by atoms with Gasteiger partial charge in [-0.3, -0.25) is 4.99 Å². The average Bonchev–Trinajstić information content (AvgIpc) is 3.28. The summed E-state index contributed by atoms with van der Waals surface area (Å²) in [5, 5.41) is 4.55. The molecular weight excluding hydrogens is 352 g/mol. The van der Waals surface area contributed by atoms with Crippen LogP contribution in [-0.4, -0.2) is 28.0 Å². The molecule has 1 aromatic heterocycles. The highest BCUT2D eigenvalue weighted by molar-refractivity contribution is 7.98. The van der Waals surface area contributed by atoms with Crippen LogP contribution in [0.1, 0.15) is 37.8 Å². The first-order valence-electron chi connectivity index (χ1n) is 9.73. The van der Waals surface area contributed by atoms with Gasteiger partial charge in [0.15, 0.2) is 5.16 Å². The van der Waals surface area contributed by atoms with Crippen molar-refractivity contribution in [2.75, 3.05) is 6.54 Å². The number of aromatic nitrogens is 2. The van der Waals surface area contributed by atoms with Crippen LogP contribution in [0, 0.1) is 0 Å². The van der Waals surface area contributed by atoms with Crippen molar-refractivity contribution >= 4 is 28.6 Å². The summed E-state index contributed by atoms with van der Waals surface area (Å²) in [7, 11) is 0. The first-order chi connectivity index (χ1) is 13.2. The van der Waals surface area contributed by atoms with Gasteiger partial charge in [-0.2, -0.15) is 0 Å². The van der Waals surface area contributed by atoms with E-state index < -0.39 is 0 Å². The standard InChI is InChI=1S/C22H26N4S/c1-3-4-12-26-20-11-10-18(21-23-14-16(2)24-21)13-19(20)25-22(26)27-15-17-8-6-5-7-9-17/h5-11,13,16H,3-4,12,14-15H2,1-2H3,(H,23,24)/t16-/m0/s1. The van der Waals surface area contributed by atoms with Crippen LogP contribution in [0.4, 0.5) is 0 Å². The Morgan fingerprint density at radius 2 is 2.04 bits per heavy atom. The number of amidine groups is 1. The number of hydrogen-bond acceptors (Lipinski definition) is 4. The Kier molecular flexibility index (Phi) is 5.48. The summed E-state index contributed by atoms with van der Waals surface area (Å²) in [6.45, 7) is 6.25. The van der Waals surface area contributed by atoms with Crippen LogP contribution >= 0.6 is 11.8 Å². The Hall–Kier alpha value is -2.27. The second-order valence-electron chi connectivity index (χ2n) is 7.11. The Bertz CT molecular complexity index is 946. The van der Waals surface area contributed by atoms with Gasteiger partial charge in [-0.25, -0.2) is 4.98 Å². The molecule has 0 radical (unpaired) electrons. The van der Waals surface area contributed by atoms with Gasteiger partial charge in [0.2, 0.25) is 0 Å². The molecule has 0 spiro atoms. The molecule has 0 unspecified atom stereocenters. The van der Waals surface area contributed by atoms with Gasteiger partial charge in [-0.15, -0.1) is 0 Å². The molecule has 140 valence electrons. The van der Waals surface area contributed by atoms with Gasteiger partial charge in [0.25, 0.3) is 0 Å². The molecule has 4 rings (SSSR count). The third-order valence-electron chi connectivity index (χ3n) is 4.84. The molecule has 0 saturated heterocycles. The predicted molar refractivity (Wildman–Crippen MR) is 115 cm³/mol. The highest BCUT2D eigenvalue weighted by atomic mass is 32.2. The molecule has 1 aliphatic heterocycles. The summed E-state index contributed by atoms with van der Waals surface area (Å²) in [6.07, 6.45) is 2.34. The second-order valence-corrected chi connectivity index (χ2v) is 8.05. The number of thioether (sulfide) groups is 1. The van der Waals surface area contributed by atoms with E-state index >= 15 is 0 Å². The van der Waals surface area contributed by atoms with Gasteiger partial charge in [0.1, 0.15) is 5.84 Å². The molecule has 3 aromatic rings. The zero-order valence-electron chi connectivity index (χ0n) is 16.0. The molecule has 2 aromatic carbocycles. The van der Waals surface area contributed by atoms with E-state index in [-0.39, 0.29) is 0 Å². The van der Waals surface area contributed by atoms with Gasteiger partial charge < -0.3 is 9.88 Å². The summed E-state index contributed by atoms with van der Waals surface area (Å²) < 4.78 is 2.38. The monoisotopic (exact) mass is 378 g/mol. The van der Waals surface area contributed by atoms with E-state index in [0.717, 1.165) is 47.3 Å². The number of nitrogens with zero attached hydrogens (tertiary/aromatic N) is 3. The quantitative estimate of drug-likeness (QED) is 0.597. The van der Waals surface area contributed by atoms with E-state index in [1.807, 2.05) is 11.8 Å². The molecule has 0 saturated carbocycles. The minimum absolute atomic E-state index is 0.412. The van der Waals surface area contributed by atoms with Crippen molar-refractivity contribution in [2.45, 2.75) is 50.2 Å². The van der Waals surface area contributed by atoms with Gasteiger partial charge >= 0.3 is 0 Å². The number of imidazole rings is 1. The topological polar surface area (TPSA) is 42.2 Å². The molecular formula is C22H26N4S. The van der Waals surface area contributed by atoms with Crippen molar-refractivity contribution in [3.8, 4) is 0 Å². The number of benzene rings is 2. The normalized spacial score (nSPS) is 16.5. The fourth-order valence-electron chi connectivity index (χ4n) is 3.35. The molecule has 0 fully saturated rings. The summed E-state index contributed by atoms with van der Waals surface area (Å²) >= 11 is 1.82. The lowest BCUT2D eigenvalue weighted by molar-refractivity contribution is 0.602. The minimum Gasteiger partial charge on any atom is -0.366 e. The van der Waals surface area contributed by atoms with Gasteiger partial charge in [-0.05, 0) is 37.1 Å². The molecule has 5 heteroatoms. The summed E-state index contributed by atoms with van der Waals surface area (Å²) in [5.41, 5.74) is 4.74. The van der Waals surface area contributed by atoms with E-state index in [0.29, 0.717) is 6.04 Å². The third kappa shape index (κ3) is 4.03. The molecule has 0 amide bonds. The van der Waals surface area contributed by atoms with Crippen molar-refractivity contribution in [1.82, 2.24) is 14.9 Å². The van der Waals surface area contributed by atoms with Crippen molar-refractivity contribution in [3.63, 3.8) is 0 Å². The summed E-state index contributed by atoms with van der Waals surface area (Å²) in [6, 6.07) is 17.6. The van der Waals surface area contributed by atoms with Crippen LogP contribution in [0.3, 0.4) is 0 Å². The summed E-state index contributed by atoms with van der Waals surface area (Å²) in [5.74, 6) is 1.93. The Labute approximate surface area is 165 Å². The van der Waals surface area contributed by atoms with E-state index in [1.54, 1.807) is 0 Å². The van der Waals surface area contributed by atoms with Crippen LogP contribution in [-0.2, 0) is 12.3 Å². The van der Waals surface area contributed by atoms with Gasteiger partial charge in [-0.1, -0.05) is 55.4 Å². The maximum absolute atomic E-state index is 4.97. The third-order valence-corrected chi connectivity index (χ3v) is 5.89. The van der Waals surface area contributed by atoms with Gasteiger partial charge in [0.05, 0.1) is 17.6 Å². The van der Waals surface area contributed by atoms with E-state index in [2.05, 4.69) is 77.3 Å². The Morgan fingerprint density at radius 3 is 2.78 bits per heavy atom. The highest BCUT2D eigenvalue weighted by Crippen LogP contribution is 2.28. The molecule has 1 aliphatic rings. The SMILES string of the molecule is CCCCn1c(SCc2ccccc2)nc2cc(C3=NC[C@H](C)N3)ccc21. The number of fused-ring (bicyclic) bond motifs is 1. The highest BCUT2D eigenvalue weighted by Gasteiger charge is 2.17. The van der Waals surface area contributed by atoms with Crippen LogP contribution < -0.4 is 5.32 Å². The lowest BCUT2D eigenvalue weighted by atomic mass is 10.2. The molecule has 4 nitrogen and oxygen atoms in total. The fourth-order valence-corrected chi connectivity index (χ4v) is 4.34. The smallest absolute Gasteiger partial charge is 0.169 e. The number of rotatable bonds is 7. The predicted octanol–water partition coefficient (Wildman–Crippen LogP) is 4.87. The van der Waals surface area contributed by atoms with Crippen LogP contribution in [0.5, 0.6) is 0 Å². The molecule has 2 heterocycles. The molecule has 1 atom stereocenters. The van der Waals surface area contributed by atoms with Gasteiger partial charge in [0, 0.05) is 23.9 Å². The van der Waals surface area contributed by atoms with Crippen molar-refractivity contribution < 1.29 is 0 Å². The lowest BCUT2D eigenvalue weighted by Gasteiger charge is -2.09. The number of nitrogens with one attached hydrogen (secondary N) is 1. The Morgan fingerprint density at radius 1 is 1.19 bits per heavy atom. The maximum atomic E-state index is 4.97. The lowest BCUT2D eigenvalue weighted by Crippen LogP contribution is -2.27. The first-order valence-corrected chi connectivity index (χ1v) is 10.7. The number of aryl methyl sites for hydroxylation is 1. The molecule has 0 bridgehead atoms. The summed E-state index contributed by atoms with van der Waals surface area (Å²) in [4.78, 5) is 9.59. The second kappa shape index (κ2) is 8.17. The first kappa shape index (κ1) is 18.1. The Balaban J connectivity index is 1.64. The molecule has 27 heavy (non-hydrogen) atoms. The van der Waals surface area contributed by atoms with Crippen LogP contribution in [0.25, 0.3) is 11.0 Å². The number of aliphatic imine (C=N–C) groups is 1. The van der Waals surface area contributed by atoms with Crippen LogP contribution in [0.15, 0.2) is 58.7 Å². The molecule has 0 aliphatic carbocycles. The largest absolute Gasteiger partial charge is 0.366 e. The van der Waals surface area contributed by atoms with Crippen molar-refractivity contribution in [1.29, 1.82) is 0 Å². The number of hydrogen-bond donors (Lipinski definition) is 1. The van der Waals surface area contributed by atoms with E-state index in [1.165, 1.54) is 17.5 Å². The number of unbranched alkanes of at least 4 members (excludes halogenated alkanes) is 1. The van der Waals surface area contributed by atoms with Crippen molar-refractivity contribution in [3.05, 3.63) is 59.7 Å². The fraction of sp³-hybridized carbons (Fsp3) is 0.364. The van der Waals surface area contributed by atoms with E-state index in [9.17, 15) is 0 Å².